The van der Waals surface area contributed by atoms with Crippen molar-refractivity contribution in [2.45, 2.75) is 3.92 Å². The Kier molecular flexibility index (Phi) is 5.36. The molecule has 26 heavy (non-hydrogen) atoms. The average Bonchev–Trinajstić information content (AvgIpc) is 2.62. The minimum absolute atomic E-state index is 0.0759. The van der Waals surface area contributed by atoms with E-state index in [4.69, 9.17) is 28.0 Å². The van der Waals surface area contributed by atoms with Crippen LogP contribution in [-0.4, -0.2) is 19.7 Å². The molecule has 0 bridgehead atoms. The molecule has 3 aromatic rings. The van der Waals surface area contributed by atoms with Gasteiger partial charge in [0.05, 0.1) is 10.9 Å². The molecule has 0 unspecified atom stereocenters. The third-order valence-corrected chi connectivity index (χ3v) is 4.16. The van der Waals surface area contributed by atoms with Crippen LogP contribution in [0.25, 0.3) is 22.3 Å². The zero-order valence-corrected chi connectivity index (χ0v) is 15.2. The minimum Gasteiger partial charge on any atom is -0.311 e. The van der Waals surface area contributed by atoms with Gasteiger partial charge in [0.1, 0.15) is 0 Å². The van der Waals surface area contributed by atoms with Crippen molar-refractivity contribution in [3.63, 3.8) is 0 Å². The average molecular weight is 414 g/mol. The van der Waals surface area contributed by atoms with E-state index in [1.165, 1.54) is 0 Å². The predicted molar refractivity (Wildman–Crippen MR) is 99.7 cm³/mol. The van der Waals surface area contributed by atoms with Gasteiger partial charge >= 0.3 is 10.0 Å². The van der Waals surface area contributed by atoms with Gasteiger partial charge in [-0.3, -0.25) is 9.52 Å². The number of para-hydroxylation sites is 1. The molecule has 1 aromatic heterocycles. The molecular weight excluding hydrogens is 404 g/mol. The molecule has 1 amide bonds. The van der Waals surface area contributed by atoms with Gasteiger partial charge in [0.25, 0.3) is 5.56 Å². The maximum absolute atomic E-state index is 13.1. The molecule has 1 heterocycles. The third-order valence-electron chi connectivity index (χ3n) is 3.19. The van der Waals surface area contributed by atoms with Crippen LogP contribution in [0.3, 0.4) is 0 Å². The van der Waals surface area contributed by atoms with E-state index < -0.39 is 15.6 Å². The number of carbonyl (C=O) groups is 1. The third kappa shape index (κ3) is 4.27. The van der Waals surface area contributed by atoms with Crippen molar-refractivity contribution >= 4 is 52.1 Å². The Morgan fingerprint density at radius 2 is 1.81 bits per heavy atom. The second-order valence-corrected chi connectivity index (χ2v) is 7.60. The van der Waals surface area contributed by atoms with Crippen LogP contribution in [0, 0.1) is 0 Å². The van der Waals surface area contributed by atoms with E-state index in [0.29, 0.717) is 11.1 Å². The fraction of sp³-hybridized carbons (Fsp3) is 0.0625. The van der Waals surface area contributed by atoms with E-state index in [1.807, 2.05) is 4.72 Å². The van der Waals surface area contributed by atoms with E-state index in [-0.39, 0.29) is 23.2 Å². The molecule has 0 saturated heterocycles. The quantitative estimate of drug-likeness (QED) is 0.518. The normalized spacial score (nSPS) is 11.3. The highest BCUT2D eigenvalue weighted by Gasteiger charge is 2.26. The molecule has 0 aliphatic heterocycles. The molecule has 0 saturated carbocycles. The number of fused-ring (bicyclic) bond motifs is 1. The number of hydrogen-bond acceptors (Lipinski definition) is 5. The number of amides is 1. The number of nitrogens with zero attached hydrogens (tertiary/aromatic N) is 2. The first-order valence-corrected chi connectivity index (χ1v) is 8.73. The summed E-state index contributed by atoms with van der Waals surface area (Å²) in [7, 11) is 0. The number of aromatic nitrogens is 2. The van der Waals surface area contributed by atoms with Crippen LogP contribution in [0.1, 0.15) is 0 Å². The van der Waals surface area contributed by atoms with Crippen molar-refractivity contribution in [2.75, 3.05) is 0 Å². The zero-order valence-electron chi connectivity index (χ0n) is 12.9. The molecule has 134 valence electrons. The van der Waals surface area contributed by atoms with Crippen LogP contribution in [0.4, 0.5) is 9.18 Å². The molecule has 0 spiro atoms. The zero-order chi connectivity index (χ0) is 18.7. The summed E-state index contributed by atoms with van der Waals surface area (Å²) >= 11 is 10.3. The number of benzene rings is 2. The summed E-state index contributed by atoms with van der Waals surface area (Å²) in [6, 6.07) is 15.3. The second kappa shape index (κ2) is 7.53. The van der Waals surface area contributed by atoms with Crippen molar-refractivity contribution in [1.29, 1.82) is 0 Å². The van der Waals surface area contributed by atoms with Gasteiger partial charge in [0, 0.05) is 17.5 Å². The first kappa shape index (κ1) is 18.5. The van der Waals surface area contributed by atoms with E-state index in [1.54, 1.807) is 54.6 Å². The van der Waals surface area contributed by atoms with Gasteiger partial charge in [-0.15, -0.1) is 4.73 Å². The number of alkyl halides is 3. The number of nitrogens with one attached hydrogen (secondary N) is 1. The molecule has 0 fully saturated rings. The summed E-state index contributed by atoms with van der Waals surface area (Å²) < 4.78 is 13.0. The van der Waals surface area contributed by atoms with Crippen LogP contribution in [0.15, 0.2) is 59.4 Å². The summed E-state index contributed by atoms with van der Waals surface area (Å²) in [5.74, 6) is 0.109. The maximum atomic E-state index is 13.1. The fourth-order valence-electron chi connectivity index (χ4n) is 2.17. The highest BCUT2D eigenvalue weighted by Crippen LogP contribution is 2.33. The first-order chi connectivity index (χ1) is 12.3. The number of rotatable bonds is 4. The topological polar surface area (TPSA) is 73.2 Å². The molecule has 2 aromatic carbocycles. The van der Waals surface area contributed by atoms with Crippen molar-refractivity contribution in [1.82, 2.24) is 14.4 Å². The number of halogens is 3. The highest BCUT2D eigenvalue weighted by atomic mass is 35.5. The van der Waals surface area contributed by atoms with Gasteiger partial charge in [-0.05, 0) is 12.1 Å². The predicted octanol–water partition coefficient (Wildman–Crippen LogP) is 3.91. The van der Waals surface area contributed by atoms with Crippen molar-refractivity contribution in [3.05, 3.63) is 65.0 Å². The number of hydrogen-bond donors (Lipinski definition) is 1. The van der Waals surface area contributed by atoms with Crippen molar-refractivity contribution in [2.24, 2.45) is 0 Å². The SMILES string of the molecule is O=C(NSC(F)(Cl)Cl)On1c(-c2ccccc2)nc2ccccc2c1=O. The second-order valence-electron chi connectivity index (χ2n) is 4.95. The van der Waals surface area contributed by atoms with Gasteiger partial charge in [0.2, 0.25) is 0 Å². The van der Waals surface area contributed by atoms with Gasteiger partial charge in [0.15, 0.2) is 5.82 Å². The maximum Gasteiger partial charge on any atom is 0.442 e. The van der Waals surface area contributed by atoms with Gasteiger partial charge in [-0.25, -0.2) is 9.78 Å². The smallest absolute Gasteiger partial charge is 0.311 e. The van der Waals surface area contributed by atoms with Gasteiger partial charge < -0.3 is 4.84 Å². The molecular formula is C16H10Cl2FN3O3S. The van der Waals surface area contributed by atoms with E-state index in [2.05, 4.69) is 4.98 Å². The Balaban J connectivity index is 2.06. The molecule has 0 radical (unpaired) electrons. The van der Waals surface area contributed by atoms with Crippen LogP contribution < -0.4 is 15.1 Å². The van der Waals surface area contributed by atoms with E-state index >= 15 is 0 Å². The lowest BCUT2D eigenvalue weighted by Crippen LogP contribution is -2.37. The summed E-state index contributed by atoms with van der Waals surface area (Å²) in [6.07, 6.45) is -1.14. The van der Waals surface area contributed by atoms with Gasteiger partial charge in [-0.1, -0.05) is 65.7 Å². The summed E-state index contributed by atoms with van der Waals surface area (Å²) in [5.41, 5.74) is 0.387. The summed E-state index contributed by atoms with van der Waals surface area (Å²) in [6.45, 7) is 0. The fourth-order valence-corrected chi connectivity index (χ4v) is 2.64. The monoisotopic (exact) mass is 413 g/mol. The molecule has 10 heteroatoms. The summed E-state index contributed by atoms with van der Waals surface area (Å²) in [4.78, 5) is 34.1. The Morgan fingerprint density at radius 1 is 1.15 bits per heavy atom. The van der Waals surface area contributed by atoms with Crippen LogP contribution in [0.2, 0.25) is 0 Å². The Labute approximate surface area is 161 Å². The molecule has 0 aliphatic carbocycles. The van der Waals surface area contributed by atoms with Crippen molar-refractivity contribution < 1.29 is 14.0 Å². The highest BCUT2D eigenvalue weighted by molar-refractivity contribution is 8.01. The Bertz CT molecular complexity index is 1010. The lowest BCUT2D eigenvalue weighted by atomic mass is 10.2. The molecule has 1 N–H and O–H groups in total. The summed E-state index contributed by atoms with van der Waals surface area (Å²) in [5, 5.41) is 0.252. The van der Waals surface area contributed by atoms with Crippen molar-refractivity contribution in [3.8, 4) is 11.4 Å². The Hall–Kier alpha value is -2.29. The molecule has 0 atom stereocenters. The van der Waals surface area contributed by atoms with E-state index in [9.17, 15) is 14.0 Å². The van der Waals surface area contributed by atoms with Crippen LogP contribution in [-0.2, 0) is 0 Å². The number of carbonyl (C=O) groups excluding carboxylic acids is 1. The minimum atomic E-state index is -2.74. The molecule has 3 rings (SSSR count). The van der Waals surface area contributed by atoms with E-state index in [0.717, 1.165) is 4.73 Å². The standard InChI is InChI=1S/C16H10Cl2FN3O3S/c17-16(18,19)26-21-15(24)25-22-13(10-6-2-1-3-7-10)20-12-9-5-4-8-11(12)14(22)23/h1-9H,(H,21,24). The first-order valence-electron chi connectivity index (χ1n) is 7.15. The lowest BCUT2D eigenvalue weighted by Gasteiger charge is -2.14. The Morgan fingerprint density at radius 3 is 2.50 bits per heavy atom. The van der Waals surface area contributed by atoms with Gasteiger partial charge in [-0.2, -0.15) is 4.39 Å². The van der Waals surface area contributed by atoms with Crippen LogP contribution in [0.5, 0.6) is 0 Å². The van der Waals surface area contributed by atoms with Crippen LogP contribution >= 0.6 is 35.1 Å². The molecule has 6 nitrogen and oxygen atoms in total. The largest absolute Gasteiger partial charge is 0.442 e. The molecule has 0 aliphatic rings. The lowest BCUT2D eigenvalue weighted by molar-refractivity contribution is 0.136.